The third-order valence-corrected chi connectivity index (χ3v) is 3.53. The summed E-state index contributed by atoms with van der Waals surface area (Å²) in [5, 5.41) is 2.66. The Morgan fingerprint density at radius 1 is 1.00 bits per heavy atom. The number of esters is 1. The van der Waals surface area contributed by atoms with Crippen molar-refractivity contribution in [2.24, 2.45) is 0 Å². The molecule has 0 aromatic heterocycles. The number of nitrogens with one attached hydrogen (secondary N) is 1. The SMILES string of the molecule is CCOc1ccc(OCC(=O)OC(C)C(=O)Nc2ccccc2OC)cc1. The molecule has 144 valence electrons. The van der Waals surface area contributed by atoms with Crippen LogP contribution in [-0.4, -0.2) is 38.3 Å². The first kappa shape index (κ1) is 20.1. The average molecular weight is 373 g/mol. The molecule has 0 aliphatic rings. The first-order valence-electron chi connectivity index (χ1n) is 8.52. The Kier molecular flexibility index (Phi) is 7.49. The quantitative estimate of drug-likeness (QED) is 0.680. The Hall–Kier alpha value is -3.22. The molecule has 0 saturated heterocycles. The number of para-hydroxylation sites is 2. The van der Waals surface area contributed by atoms with Gasteiger partial charge in [0.25, 0.3) is 5.91 Å². The monoisotopic (exact) mass is 373 g/mol. The summed E-state index contributed by atoms with van der Waals surface area (Å²) in [4.78, 5) is 24.1. The molecule has 7 heteroatoms. The number of hydrogen-bond acceptors (Lipinski definition) is 6. The van der Waals surface area contributed by atoms with Crippen LogP contribution in [0.25, 0.3) is 0 Å². The number of benzene rings is 2. The summed E-state index contributed by atoms with van der Waals surface area (Å²) < 4.78 is 21.0. The van der Waals surface area contributed by atoms with E-state index in [0.29, 0.717) is 29.5 Å². The number of amides is 1. The van der Waals surface area contributed by atoms with Crippen molar-refractivity contribution < 1.29 is 28.5 Å². The van der Waals surface area contributed by atoms with Crippen molar-refractivity contribution in [1.82, 2.24) is 0 Å². The van der Waals surface area contributed by atoms with Crippen LogP contribution in [0.5, 0.6) is 17.2 Å². The summed E-state index contributed by atoms with van der Waals surface area (Å²) in [7, 11) is 1.51. The molecule has 1 N–H and O–H groups in total. The highest BCUT2D eigenvalue weighted by Crippen LogP contribution is 2.23. The lowest BCUT2D eigenvalue weighted by atomic mass is 10.2. The number of methoxy groups -OCH3 is 1. The van der Waals surface area contributed by atoms with Crippen molar-refractivity contribution in [1.29, 1.82) is 0 Å². The maximum atomic E-state index is 12.2. The van der Waals surface area contributed by atoms with Crippen molar-refractivity contribution in [3.05, 3.63) is 48.5 Å². The highest BCUT2D eigenvalue weighted by Gasteiger charge is 2.19. The van der Waals surface area contributed by atoms with Gasteiger partial charge in [0, 0.05) is 0 Å². The van der Waals surface area contributed by atoms with E-state index in [1.807, 2.05) is 6.92 Å². The van der Waals surface area contributed by atoms with Crippen LogP contribution in [0.4, 0.5) is 5.69 Å². The zero-order valence-electron chi connectivity index (χ0n) is 15.6. The van der Waals surface area contributed by atoms with Crippen molar-refractivity contribution >= 4 is 17.6 Å². The predicted octanol–water partition coefficient (Wildman–Crippen LogP) is 3.04. The molecule has 0 aliphatic carbocycles. The van der Waals surface area contributed by atoms with Crippen LogP contribution in [0.2, 0.25) is 0 Å². The number of carbonyl (C=O) groups excluding carboxylic acids is 2. The van der Waals surface area contributed by atoms with E-state index in [0.717, 1.165) is 0 Å². The van der Waals surface area contributed by atoms with Gasteiger partial charge in [0.05, 0.1) is 19.4 Å². The maximum Gasteiger partial charge on any atom is 0.344 e. The van der Waals surface area contributed by atoms with Crippen molar-refractivity contribution in [2.45, 2.75) is 20.0 Å². The Balaban J connectivity index is 1.81. The topological polar surface area (TPSA) is 83.1 Å². The van der Waals surface area contributed by atoms with E-state index < -0.39 is 18.0 Å². The normalized spacial score (nSPS) is 11.2. The van der Waals surface area contributed by atoms with Gasteiger partial charge in [0.15, 0.2) is 12.7 Å². The van der Waals surface area contributed by atoms with Crippen LogP contribution >= 0.6 is 0 Å². The van der Waals surface area contributed by atoms with Gasteiger partial charge in [0.1, 0.15) is 17.2 Å². The van der Waals surface area contributed by atoms with Crippen molar-refractivity contribution in [3.8, 4) is 17.2 Å². The molecule has 1 unspecified atom stereocenters. The molecule has 2 aromatic carbocycles. The molecule has 0 bridgehead atoms. The van der Waals surface area contributed by atoms with Crippen LogP contribution in [0.1, 0.15) is 13.8 Å². The molecule has 2 aromatic rings. The molecule has 7 nitrogen and oxygen atoms in total. The first-order chi connectivity index (χ1) is 13.0. The van der Waals surface area contributed by atoms with Crippen LogP contribution in [0.3, 0.4) is 0 Å². The molecule has 2 rings (SSSR count). The first-order valence-corrected chi connectivity index (χ1v) is 8.52. The Labute approximate surface area is 158 Å². The molecule has 0 aliphatic heterocycles. The van der Waals surface area contributed by atoms with Gasteiger partial charge in [0.2, 0.25) is 0 Å². The summed E-state index contributed by atoms with van der Waals surface area (Å²) in [6.07, 6.45) is -0.980. The molecule has 1 atom stereocenters. The fourth-order valence-corrected chi connectivity index (χ4v) is 2.21. The summed E-state index contributed by atoms with van der Waals surface area (Å²) in [6.45, 7) is 3.65. The van der Waals surface area contributed by atoms with E-state index in [-0.39, 0.29) is 6.61 Å². The molecular weight excluding hydrogens is 350 g/mol. The maximum absolute atomic E-state index is 12.2. The van der Waals surface area contributed by atoms with Crippen LogP contribution in [0, 0.1) is 0 Å². The second-order valence-corrected chi connectivity index (χ2v) is 5.51. The molecule has 27 heavy (non-hydrogen) atoms. The number of anilines is 1. The predicted molar refractivity (Wildman–Crippen MR) is 100 cm³/mol. The van der Waals surface area contributed by atoms with Gasteiger partial charge in [-0.15, -0.1) is 0 Å². The minimum Gasteiger partial charge on any atom is -0.495 e. The smallest absolute Gasteiger partial charge is 0.344 e. The molecule has 0 radical (unpaired) electrons. The number of hydrogen-bond donors (Lipinski definition) is 1. The fourth-order valence-electron chi connectivity index (χ4n) is 2.21. The highest BCUT2D eigenvalue weighted by atomic mass is 16.6. The number of ether oxygens (including phenoxy) is 4. The van der Waals surface area contributed by atoms with Crippen LogP contribution < -0.4 is 19.5 Å². The average Bonchev–Trinajstić information content (AvgIpc) is 2.68. The standard InChI is InChI=1S/C20H23NO6/c1-4-25-15-9-11-16(12-10-15)26-13-19(22)27-14(2)20(23)21-17-7-5-6-8-18(17)24-3/h5-12,14H,4,13H2,1-3H3,(H,21,23). The zero-order valence-corrected chi connectivity index (χ0v) is 15.6. The lowest BCUT2D eigenvalue weighted by Gasteiger charge is -2.15. The van der Waals surface area contributed by atoms with E-state index in [2.05, 4.69) is 5.32 Å². The van der Waals surface area contributed by atoms with E-state index in [1.54, 1.807) is 48.5 Å². The van der Waals surface area contributed by atoms with Gasteiger partial charge in [-0.2, -0.15) is 0 Å². The minimum absolute atomic E-state index is 0.305. The van der Waals surface area contributed by atoms with Crippen molar-refractivity contribution in [2.75, 3.05) is 25.6 Å². The third-order valence-electron chi connectivity index (χ3n) is 3.53. The zero-order chi connectivity index (χ0) is 19.6. The minimum atomic E-state index is -0.980. The van der Waals surface area contributed by atoms with E-state index >= 15 is 0 Å². The lowest BCUT2D eigenvalue weighted by molar-refractivity contribution is -0.155. The Morgan fingerprint density at radius 3 is 2.26 bits per heavy atom. The van der Waals surface area contributed by atoms with Gasteiger partial charge in [-0.1, -0.05) is 12.1 Å². The second-order valence-electron chi connectivity index (χ2n) is 5.51. The second kappa shape index (κ2) is 10.1. The molecule has 0 saturated carbocycles. The van der Waals surface area contributed by atoms with Gasteiger partial charge < -0.3 is 24.3 Å². The Morgan fingerprint density at radius 2 is 1.63 bits per heavy atom. The van der Waals surface area contributed by atoms with Crippen LogP contribution in [-0.2, 0) is 14.3 Å². The van der Waals surface area contributed by atoms with E-state index in [1.165, 1.54) is 14.0 Å². The van der Waals surface area contributed by atoms with E-state index in [9.17, 15) is 9.59 Å². The summed E-state index contributed by atoms with van der Waals surface area (Å²) in [5.74, 6) is 0.624. The lowest BCUT2D eigenvalue weighted by Crippen LogP contribution is -2.31. The molecular formula is C20H23NO6. The van der Waals surface area contributed by atoms with Crippen molar-refractivity contribution in [3.63, 3.8) is 0 Å². The number of rotatable bonds is 9. The highest BCUT2D eigenvalue weighted by molar-refractivity contribution is 5.96. The largest absolute Gasteiger partial charge is 0.495 e. The molecule has 0 spiro atoms. The third kappa shape index (κ3) is 6.22. The van der Waals surface area contributed by atoms with Gasteiger partial charge >= 0.3 is 5.97 Å². The van der Waals surface area contributed by atoms with Crippen LogP contribution in [0.15, 0.2) is 48.5 Å². The molecule has 0 fully saturated rings. The number of carbonyl (C=O) groups is 2. The van der Waals surface area contributed by atoms with Gasteiger partial charge in [-0.05, 0) is 50.2 Å². The summed E-state index contributed by atoms with van der Waals surface area (Å²) in [5.41, 5.74) is 0.499. The van der Waals surface area contributed by atoms with E-state index in [4.69, 9.17) is 18.9 Å². The van der Waals surface area contributed by atoms with Gasteiger partial charge in [-0.25, -0.2) is 4.79 Å². The Bertz CT molecular complexity index is 759. The summed E-state index contributed by atoms with van der Waals surface area (Å²) >= 11 is 0. The summed E-state index contributed by atoms with van der Waals surface area (Å²) in [6, 6.07) is 13.8. The van der Waals surface area contributed by atoms with Gasteiger partial charge in [-0.3, -0.25) is 4.79 Å². The fraction of sp³-hybridized carbons (Fsp3) is 0.300. The molecule has 0 heterocycles. The molecule has 1 amide bonds.